The van der Waals surface area contributed by atoms with Gasteiger partial charge in [-0.05, 0) is 45.1 Å². The highest BCUT2D eigenvalue weighted by molar-refractivity contribution is 7.33. The first-order chi connectivity index (χ1) is 14.7. The molecule has 2 fully saturated rings. The largest absolute Gasteiger partial charge is 0.870 e. The van der Waals surface area contributed by atoms with Gasteiger partial charge in [0.1, 0.15) is 12.7 Å². The zero-order valence-corrected chi connectivity index (χ0v) is 19.9. The van der Waals surface area contributed by atoms with Crippen molar-refractivity contribution in [1.29, 1.82) is 0 Å². The molecular weight excluding hydrogens is 419 g/mol. The molecular formula is C23H35O7P. The molecule has 1 aromatic carbocycles. The first-order valence-electron chi connectivity index (χ1n) is 10.9. The molecule has 7 nitrogen and oxygen atoms in total. The van der Waals surface area contributed by atoms with E-state index in [1.807, 2.05) is 19.9 Å². The van der Waals surface area contributed by atoms with Crippen molar-refractivity contribution >= 4 is 14.0 Å². The minimum atomic E-state index is -2.10. The van der Waals surface area contributed by atoms with Gasteiger partial charge in [-0.3, -0.25) is 0 Å². The van der Waals surface area contributed by atoms with E-state index in [-0.39, 0.29) is 42.0 Å². The lowest BCUT2D eigenvalue weighted by Crippen LogP contribution is -2.23. The average Bonchev–Trinajstić information content (AvgIpc) is 3.26. The van der Waals surface area contributed by atoms with Crippen LogP contribution in [-0.4, -0.2) is 42.2 Å². The normalized spacial score (nSPS) is 31.6. The van der Waals surface area contributed by atoms with Gasteiger partial charge in [-0.2, -0.15) is 0 Å². The number of allylic oxidation sites excluding steroid dienone is 1. The zero-order chi connectivity index (χ0) is 23.0. The number of ether oxygens (including phenoxy) is 2. The maximum atomic E-state index is 11.9. The van der Waals surface area contributed by atoms with E-state index in [1.54, 1.807) is 24.3 Å². The fourth-order valence-corrected chi connectivity index (χ4v) is 4.60. The molecule has 0 aromatic heterocycles. The molecule has 31 heavy (non-hydrogen) atoms. The Morgan fingerprint density at radius 2 is 1.74 bits per heavy atom. The van der Waals surface area contributed by atoms with Gasteiger partial charge in [-0.1, -0.05) is 49.9 Å². The maximum absolute atomic E-state index is 11.9. The van der Waals surface area contributed by atoms with Crippen LogP contribution in [0, 0.1) is 5.92 Å². The molecule has 3 rings (SSSR count). The van der Waals surface area contributed by atoms with Crippen LogP contribution in [0.4, 0.5) is 0 Å². The lowest BCUT2D eigenvalue weighted by Gasteiger charge is -2.12. The summed E-state index contributed by atoms with van der Waals surface area (Å²) in [6.07, 6.45) is 2.99. The predicted octanol–water partition coefficient (Wildman–Crippen LogP) is 4.74. The Balaban J connectivity index is 0.000000262. The number of hydrogen-bond donors (Lipinski definition) is 1. The summed E-state index contributed by atoms with van der Waals surface area (Å²) in [4.78, 5) is 0. The van der Waals surface area contributed by atoms with Crippen LogP contribution in [-0.2, 0) is 23.1 Å². The summed E-state index contributed by atoms with van der Waals surface area (Å²) in [7, 11) is -2.10. The Labute approximate surface area is 186 Å². The number of rotatable bonds is 7. The third kappa shape index (κ3) is 8.17. The quantitative estimate of drug-likeness (QED) is 0.469. The molecule has 0 spiro atoms. The van der Waals surface area contributed by atoms with E-state index >= 15 is 0 Å². The number of hydrogen-bond acceptors (Lipinski definition) is 7. The minimum Gasteiger partial charge on any atom is -0.870 e. The van der Waals surface area contributed by atoms with Crippen molar-refractivity contribution in [2.45, 2.75) is 84.4 Å². The van der Waals surface area contributed by atoms with Crippen molar-refractivity contribution in [3.8, 4) is 0 Å². The van der Waals surface area contributed by atoms with E-state index in [2.05, 4.69) is 13.8 Å². The van der Waals surface area contributed by atoms with Crippen LogP contribution in [0.15, 0.2) is 36.1 Å². The summed E-state index contributed by atoms with van der Waals surface area (Å²) in [5.74, 6) is -0.0478. The highest BCUT2D eigenvalue weighted by Crippen LogP contribution is 2.36. The SMILES string of the molecule is CC(O)=C([O-])c1ccccc1.CCC1OC(C)CC1O[P+](=O)OCC1OC(C)CC1C. The van der Waals surface area contributed by atoms with E-state index < -0.39 is 8.25 Å². The Morgan fingerprint density at radius 3 is 2.29 bits per heavy atom. The van der Waals surface area contributed by atoms with E-state index in [1.165, 1.54) is 6.92 Å². The molecule has 1 N–H and O–H groups in total. The van der Waals surface area contributed by atoms with Gasteiger partial charge in [0.05, 0.1) is 30.2 Å². The summed E-state index contributed by atoms with van der Waals surface area (Å²) < 4.78 is 34.2. The first kappa shape index (κ1) is 25.8. The topological polar surface area (TPSA) is 97.3 Å². The van der Waals surface area contributed by atoms with Crippen LogP contribution in [0.25, 0.3) is 5.76 Å². The van der Waals surface area contributed by atoms with E-state index in [9.17, 15) is 9.67 Å². The lowest BCUT2D eigenvalue weighted by molar-refractivity contribution is -0.247. The molecule has 1 aromatic rings. The molecule has 174 valence electrons. The third-order valence-corrected chi connectivity index (χ3v) is 6.27. The van der Waals surface area contributed by atoms with Gasteiger partial charge in [-0.15, -0.1) is 9.05 Å². The molecule has 0 amide bonds. The molecule has 2 saturated heterocycles. The van der Waals surface area contributed by atoms with Crippen molar-refractivity contribution < 1.29 is 33.3 Å². The monoisotopic (exact) mass is 454 g/mol. The van der Waals surface area contributed by atoms with Crippen molar-refractivity contribution in [2.24, 2.45) is 5.92 Å². The van der Waals surface area contributed by atoms with Gasteiger partial charge in [-0.25, -0.2) is 0 Å². The van der Waals surface area contributed by atoms with Crippen molar-refractivity contribution in [3.05, 3.63) is 41.7 Å². The number of benzene rings is 1. The van der Waals surface area contributed by atoms with Gasteiger partial charge in [0.15, 0.2) is 0 Å². The summed E-state index contributed by atoms with van der Waals surface area (Å²) >= 11 is 0. The van der Waals surface area contributed by atoms with E-state index in [4.69, 9.17) is 23.6 Å². The summed E-state index contributed by atoms with van der Waals surface area (Å²) in [5, 5.41) is 19.9. The Kier molecular flexibility index (Phi) is 10.4. The van der Waals surface area contributed by atoms with Crippen LogP contribution in [0.1, 0.15) is 59.4 Å². The Bertz CT molecular complexity index is 720. The van der Waals surface area contributed by atoms with Crippen molar-refractivity contribution in [3.63, 3.8) is 0 Å². The highest BCUT2D eigenvalue weighted by atomic mass is 31.1. The minimum absolute atomic E-state index is 0.0215. The molecule has 2 aliphatic heterocycles. The molecule has 2 heterocycles. The van der Waals surface area contributed by atoms with Gasteiger partial charge >= 0.3 is 8.25 Å². The van der Waals surface area contributed by atoms with Gasteiger partial charge in [0, 0.05) is 11.0 Å². The summed E-state index contributed by atoms with van der Waals surface area (Å²) in [5.41, 5.74) is 0.521. The van der Waals surface area contributed by atoms with Gasteiger partial charge < -0.3 is 19.7 Å². The zero-order valence-electron chi connectivity index (χ0n) is 19.0. The molecule has 7 atom stereocenters. The fraction of sp³-hybridized carbons (Fsp3) is 0.652. The summed E-state index contributed by atoms with van der Waals surface area (Å²) in [6, 6.07) is 8.68. The molecule has 0 aliphatic carbocycles. The predicted molar refractivity (Wildman–Crippen MR) is 117 cm³/mol. The van der Waals surface area contributed by atoms with Gasteiger partial charge in [0.2, 0.25) is 0 Å². The van der Waals surface area contributed by atoms with E-state index in [0.717, 1.165) is 19.3 Å². The van der Waals surface area contributed by atoms with Crippen molar-refractivity contribution in [1.82, 2.24) is 0 Å². The highest BCUT2D eigenvalue weighted by Gasteiger charge is 2.41. The van der Waals surface area contributed by atoms with Crippen molar-refractivity contribution in [2.75, 3.05) is 6.61 Å². The maximum Gasteiger partial charge on any atom is 0.697 e. The van der Waals surface area contributed by atoms with E-state index in [0.29, 0.717) is 18.1 Å². The van der Waals surface area contributed by atoms with Crippen LogP contribution >= 0.6 is 8.25 Å². The number of aliphatic hydroxyl groups excluding tert-OH is 1. The van der Waals surface area contributed by atoms with Crippen LogP contribution in [0.5, 0.6) is 0 Å². The molecule has 7 unspecified atom stereocenters. The molecule has 2 aliphatic rings. The lowest BCUT2D eigenvalue weighted by atomic mass is 10.0. The second kappa shape index (κ2) is 12.5. The molecule has 0 bridgehead atoms. The smallest absolute Gasteiger partial charge is 0.697 e. The molecule has 8 heteroatoms. The first-order valence-corrected chi connectivity index (χ1v) is 12.0. The molecule has 0 saturated carbocycles. The van der Waals surface area contributed by atoms with Crippen LogP contribution < -0.4 is 5.11 Å². The second-order valence-corrected chi connectivity index (χ2v) is 9.19. The third-order valence-electron chi connectivity index (χ3n) is 5.46. The standard InChI is InChI=1S/C14H26O5P.C9H10O2/c1-5-12-13(7-11(4)17-12)19-20(15)16-8-14-9(2)6-10(3)18-14;1-7(10)9(11)8-5-3-2-4-6-8/h9-14H,5-8H2,1-4H3;2-6,10-11H,1H3/q+1;/p-1. The van der Waals surface area contributed by atoms with Gasteiger partial charge in [0.25, 0.3) is 0 Å². The Hall–Kier alpha value is -1.50. The van der Waals surface area contributed by atoms with Crippen LogP contribution in [0.2, 0.25) is 0 Å². The average molecular weight is 455 g/mol. The fourth-order valence-electron chi connectivity index (χ4n) is 3.83. The summed E-state index contributed by atoms with van der Waals surface area (Å²) in [6.45, 7) is 9.95. The molecule has 0 radical (unpaired) electrons. The second-order valence-electron chi connectivity index (χ2n) is 8.27. The van der Waals surface area contributed by atoms with Crippen LogP contribution in [0.3, 0.4) is 0 Å². The Morgan fingerprint density at radius 1 is 1.13 bits per heavy atom. The number of aliphatic hydroxyl groups is 1.